The first-order chi connectivity index (χ1) is 29.7. The molecule has 63 heavy (non-hydrogen) atoms. The van der Waals surface area contributed by atoms with Crippen LogP contribution in [0.15, 0.2) is 206 Å². The van der Waals surface area contributed by atoms with Gasteiger partial charge in [0.05, 0.1) is 0 Å². The Balaban J connectivity index is 0.000000161. The van der Waals surface area contributed by atoms with Gasteiger partial charge < -0.3 is 12.8 Å². The smallest absolute Gasteiger partial charge is 0.366 e. The predicted molar refractivity (Wildman–Crippen MR) is 266 cm³/mol. The molecular formula is C59H50Au2P2+2. The summed E-state index contributed by atoms with van der Waals surface area (Å²) >= 11 is 0. The van der Waals surface area contributed by atoms with Crippen LogP contribution in [0.25, 0.3) is 22.3 Å². The number of hydrogen-bond donors (Lipinski definition) is 0. The monoisotopic (exact) mass is 1210 g/mol. The molecule has 4 heteroatoms. The molecule has 0 saturated carbocycles. The zero-order chi connectivity index (χ0) is 42.4. The maximum absolute atomic E-state index is 7.24. The fraction of sp³-hybridized carbons (Fsp3) is 0.119. The van der Waals surface area contributed by atoms with Gasteiger partial charge >= 0.3 is 44.8 Å². The van der Waals surface area contributed by atoms with Gasteiger partial charge in [0.15, 0.2) is 5.90 Å². The number of hydrogen-bond acceptors (Lipinski definition) is 0. The van der Waals surface area contributed by atoms with Crippen LogP contribution in [0.4, 0.5) is 0 Å². The van der Waals surface area contributed by atoms with E-state index in [0.717, 1.165) is 11.1 Å². The SMILES string of the molecule is [Au+].[Au+].[C-]#Cc1ccc2c(c1)-c1ccccc1C2(C)C.[C-]#Cc1ccc2c(c1)-c1ccccc1C2(C)C.c1ccc([PH+](C[PH+](c2ccccc2)c2ccccc2)c2ccccc2)cc1. The third-order valence-electron chi connectivity index (χ3n) is 12.3. The van der Waals surface area contributed by atoms with Crippen LogP contribution in [0.5, 0.6) is 0 Å². The molecule has 8 aromatic rings. The van der Waals surface area contributed by atoms with Gasteiger partial charge in [0, 0.05) is 10.8 Å². The van der Waals surface area contributed by atoms with Crippen molar-refractivity contribution in [3.05, 3.63) is 252 Å². The van der Waals surface area contributed by atoms with Gasteiger partial charge in [0.25, 0.3) is 0 Å². The van der Waals surface area contributed by atoms with Crippen LogP contribution in [0.3, 0.4) is 0 Å². The minimum absolute atomic E-state index is 0. The van der Waals surface area contributed by atoms with Crippen molar-refractivity contribution in [2.24, 2.45) is 0 Å². The molecule has 0 N–H and O–H groups in total. The van der Waals surface area contributed by atoms with Crippen LogP contribution < -0.4 is 21.2 Å². The molecule has 0 radical (unpaired) electrons. The summed E-state index contributed by atoms with van der Waals surface area (Å²) in [5.41, 5.74) is 12.3. The molecule has 2 aliphatic carbocycles. The molecule has 0 spiro atoms. The minimum Gasteiger partial charge on any atom is -0.366 e. The summed E-state index contributed by atoms with van der Waals surface area (Å²) in [6, 6.07) is 73.8. The van der Waals surface area contributed by atoms with Crippen molar-refractivity contribution >= 4 is 37.1 Å². The molecule has 0 aliphatic heterocycles. The van der Waals surface area contributed by atoms with Gasteiger partial charge in [0.2, 0.25) is 0 Å². The number of fused-ring (bicyclic) bond motifs is 6. The van der Waals surface area contributed by atoms with Crippen molar-refractivity contribution in [2.75, 3.05) is 5.90 Å². The first kappa shape index (κ1) is 47.7. The summed E-state index contributed by atoms with van der Waals surface area (Å²) in [7, 11) is -1.69. The molecule has 316 valence electrons. The summed E-state index contributed by atoms with van der Waals surface area (Å²) < 4.78 is 0. The van der Waals surface area contributed by atoms with Crippen LogP contribution >= 0.6 is 15.8 Å². The molecule has 10 rings (SSSR count). The third kappa shape index (κ3) is 10.1. The Kier molecular flexibility index (Phi) is 16.1. The van der Waals surface area contributed by atoms with Crippen LogP contribution in [-0.2, 0) is 55.6 Å². The molecule has 0 nitrogen and oxygen atoms in total. The standard InChI is InChI=1S/C25H22P2.2C17H13.2Au/c1-5-13-22(14-6-1)26(23-15-7-2-8-16-23)21-27(24-17-9-3-10-18-24)25-19-11-4-12-20-25;2*1-4-12-9-10-16-14(11-12)13-7-5-6-8-15(13)17(16,2)3;;/h1-20H,21H2;2*5-11H,2-3H3;;/q;2*-1;2*+1/p+2. The summed E-state index contributed by atoms with van der Waals surface area (Å²) in [6.45, 7) is 9.02. The van der Waals surface area contributed by atoms with Crippen LogP contribution in [-0.4, -0.2) is 5.90 Å². The normalized spacial score (nSPS) is 12.8. The molecule has 2 aliphatic rings. The van der Waals surface area contributed by atoms with Gasteiger partial charge in [-0.05, 0) is 93.0 Å². The van der Waals surface area contributed by atoms with Gasteiger partial charge in [-0.1, -0.05) is 161 Å². The Labute approximate surface area is 409 Å². The second kappa shape index (κ2) is 21.3. The zero-order valence-corrected chi connectivity index (χ0v) is 42.3. The average molecular weight is 1210 g/mol. The van der Waals surface area contributed by atoms with E-state index in [9.17, 15) is 0 Å². The first-order valence-electron chi connectivity index (χ1n) is 21.0. The van der Waals surface area contributed by atoms with Gasteiger partial charge in [-0.2, -0.15) is 0 Å². The van der Waals surface area contributed by atoms with E-state index in [1.165, 1.54) is 71.6 Å². The van der Waals surface area contributed by atoms with E-state index in [2.05, 4.69) is 234 Å². The second-order valence-electron chi connectivity index (χ2n) is 16.7. The van der Waals surface area contributed by atoms with Crippen molar-refractivity contribution < 1.29 is 44.8 Å². The van der Waals surface area contributed by atoms with Gasteiger partial charge in [-0.15, -0.1) is 35.4 Å². The minimum atomic E-state index is -0.847. The third-order valence-corrected chi connectivity index (χ3v) is 19.2. The Bertz CT molecular complexity index is 2580. The van der Waals surface area contributed by atoms with Crippen molar-refractivity contribution in [3.63, 3.8) is 0 Å². The van der Waals surface area contributed by atoms with Crippen LogP contribution in [0, 0.1) is 24.7 Å². The fourth-order valence-corrected chi connectivity index (χ4v) is 16.8. The van der Waals surface area contributed by atoms with Gasteiger partial charge in [0.1, 0.15) is 37.1 Å². The molecule has 0 unspecified atom stereocenters. The molecule has 0 fully saturated rings. The Morgan fingerprint density at radius 2 is 0.619 bits per heavy atom. The average Bonchev–Trinajstić information content (AvgIpc) is 3.69. The molecule has 0 amide bonds. The van der Waals surface area contributed by atoms with Crippen LogP contribution in [0.1, 0.15) is 61.1 Å². The largest absolute Gasteiger partial charge is 1.00 e. The van der Waals surface area contributed by atoms with Gasteiger partial charge in [-0.25, -0.2) is 0 Å². The van der Waals surface area contributed by atoms with E-state index in [0.29, 0.717) is 0 Å². The molecule has 0 atom stereocenters. The zero-order valence-electron chi connectivity index (χ0n) is 35.9. The van der Waals surface area contributed by atoms with E-state index in [4.69, 9.17) is 12.8 Å². The van der Waals surface area contributed by atoms with Crippen molar-refractivity contribution in [3.8, 4) is 34.1 Å². The molecule has 0 heterocycles. The Morgan fingerprint density at radius 3 is 0.921 bits per heavy atom. The van der Waals surface area contributed by atoms with E-state index < -0.39 is 15.8 Å². The van der Waals surface area contributed by atoms with Crippen LogP contribution in [0.2, 0.25) is 0 Å². The maximum atomic E-state index is 7.24. The van der Waals surface area contributed by atoms with Crippen molar-refractivity contribution in [1.82, 2.24) is 0 Å². The molecule has 0 bridgehead atoms. The Hall–Kier alpha value is -4.78. The quantitative estimate of drug-likeness (QED) is 0.0674. The second-order valence-corrected chi connectivity index (χ2v) is 22.3. The fourth-order valence-electron chi connectivity index (χ4n) is 9.07. The summed E-state index contributed by atoms with van der Waals surface area (Å²) in [5.74, 6) is 6.18. The van der Waals surface area contributed by atoms with Crippen molar-refractivity contribution in [1.29, 1.82) is 0 Å². The van der Waals surface area contributed by atoms with E-state index in [-0.39, 0.29) is 55.6 Å². The van der Waals surface area contributed by atoms with E-state index in [1.54, 1.807) is 0 Å². The first-order valence-corrected chi connectivity index (χ1v) is 24.4. The topological polar surface area (TPSA) is 0 Å². The van der Waals surface area contributed by atoms with Crippen molar-refractivity contribution in [2.45, 2.75) is 38.5 Å². The number of rotatable bonds is 6. The number of benzene rings is 8. The summed E-state index contributed by atoms with van der Waals surface area (Å²) in [5, 5.41) is 6.01. The van der Waals surface area contributed by atoms with E-state index in [1.807, 2.05) is 12.1 Å². The maximum Gasteiger partial charge on any atom is 1.00 e. The molecule has 8 aromatic carbocycles. The Morgan fingerprint density at radius 1 is 0.349 bits per heavy atom. The molecule has 0 aromatic heterocycles. The summed E-state index contributed by atoms with van der Waals surface area (Å²) in [4.78, 5) is 0. The van der Waals surface area contributed by atoms with Gasteiger partial charge in [-0.3, -0.25) is 11.8 Å². The molecular weight excluding hydrogens is 1160 g/mol. The molecule has 0 saturated heterocycles. The van der Waals surface area contributed by atoms with E-state index >= 15 is 0 Å². The predicted octanol–water partition coefficient (Wildman–Crippen LogP) is 12.5. The summed E-state index contributed by atoms with van der Waals surface area (Å²) in [6.07, 6.45) is 14.5.